The van der Waals surface area contributed by atoms with Gasteiger partial charge in [-0.05, 0) is 105 Å². The van der Waals surface area contributed by atoms with Gasteiger partial charge in [-0.2, -0.15) is 0 Å². The molecular weight excluding hydrogens is 400 g/mol. The molecule has 0 aromatic heterocycles. The van der Waals surface area contributed by atoms with Crippen molar-refractivity contribution in [1.82, 2.24) is 5.32 Å². The SMILES string of the molecule is C[C@@]12CCC[C@H]1[C@@H]1CC[C@@H]3C[C@](O)(CCC=NOCCCNC(=N)N)CC[C@]3(C)[C@H]1CC2. The van der Waals surface area contributed by atoms with Gasteiger partial charge < -0.3 is 21.0 Å². The number of aliphatic hydroxyl groups is 1. The third-order valence-corrected chi connectivity index (χ3v) is 10.2. The van der Waals surface area contributed by atoms with E-state index in [2.05, 4.69) is 24.3 Å². The summed E-state index contributed by atoms with van der Waals surface area (Å²) in [4.78, 5) is 5.28. The summed E-state index contributed by atoms with van der Waals surface area (Å²) in [6.07, 6.45) is 17.2. The van der Waals surface area contributed by atoms with Crippen molar-refractivity contribution in [3.8, 4) is 0 Å². The van der Waals surface area contributed by atoms with Crippen LogP contribution in [0, 0.1) is 39.9 Å². The van der Waals surface area contributed by atoms with E-state index in [-0.39, 0.29) is 5.96 Å². The van der Waals surface area contributed by atoms with Gasteiger partial charge in [-0.15, -0.1) is 0 Å². The highest BCUT2D eigenvalue weighted by molar-refractivity contribution is 5.74. The van der Waals surface area contributed by atoms with E-state index in [0.717, 1.165) is 49.9 Å². The number of fused-ring (bicyclic) bond motifs is 5. The van der Waals surface area contributed by atoms with Crippen molar-refractivity contribution in [1.29, 1.82) is 5.41 Å². The summed E-state index contributed by atoms with van der Waals surface area (Å²) < 4.78 is 0. The Morgan fingerprint density at radius 3 is 2.81 bits per heavy atom. The van der Waals surface area contributed by atoms with Crippen molar-refractivity contribution in [3.63, 3.8) is 0 Å². The number of guanidine groups is 1. The minimum absolute atomic E-state index is 0.0145. The fourth-order valence-electron chi connectivity index (χ4n) is 8.39. The van der Waals surface area contributed by atoms with E-state index in [0.29, 0.717) is 29.9 Å². The molecule has 0 saturated heterocycles. The highest BCUT2D eigenvalue weighted by atomic mass is 16.6. The molecule has 0 unspecified atom stereocenters. The van der Waals surface area contributed by atoms with E-state index in [1.807, 2.05) is 6.21 Å². The summed E-state index contributed by atoms with van der Waals surface area (Å²) in [5.74, 6) is 3.46. The highest BCUT2D eigenvalue weighted by Gasteiger charge is 2.59. The molecule has 4 aliphatic rings. The Kier molecular flexibility index (Phi) is 7.09. The predicted molar refractivity (Wildman–Crippen MR) is 130 cm³/mol. The molecule has 0 heterocycles. The van der Waals surface area contributed by atoms with Gasteiger partial charge in [0.05, 0.1) is 5.60 Å². The third-order valence-electron chi connectivity index (χ3n) is 10.2. The Hall–Kier alpha value is -1.30. The maximum Gasteiger partial charge on any atom is 0.185 e. The van der Waals surface area contributed by atoms with Crippen molar-refractivity contribution < 1.29 is 9.94 Å². The summed E-state index contributed by atoms with van der Waals surface area (Å²) in [5, 5.41) is 25.3. The molecule has 182 valence electrons. The zero-order chi connectivity index (χ0) is 22.8. The molecule has 0 radical (unpaired) electrons. The molecule has 4 rings (SSSR count). The lowest BCUT2D eigenvalue weighted by Crippen LogP contribution is -2.55. The first-order valence-corrected chi connectivity index (χ1v) is 13.2. The van der Waals surface area contributed by atoms with E-state index in [1.165, 1.54) is 51.4 Å². The Balaban J connectivity index is 1.24. The molecule has 0 amide bonds. The number of nitrogens with one attached hydrogen (secondary N) is 2. The summed E-state index contributed by atoms with van der Waals surface area (Å²) in [6.45, 7) is 6.29. The second-order valence-corrected chi connectivity index (χ2v) is 12.0. The number of oxime groups is 1. The second kappa shape index (κ2) is 9.52. The van der Waals surface area contributed by atoms with Crippen molar-refractivity contribution in [2.45, 2.75) is 103 Å². The van der Waals surface area contributed by atoms with E-state index < -0.39 is 5.60 Å². The first-order valence-electron chi connectivity index (χ1n) is 13.2. The van der Waals surface area contributed by atoms with Gasteiger partial charge in [0.15, 0.2) is 5.96 Å². The van der Waals surface area contributed by atoms with Crippen molar-refractivity contribution in [2.24, 2.45) is 45.4 Å². The number of nitrogens with zero attached hydrogens (tertiary/aromatic N) is 1. The second-order valence-electron chi connectivity index (χ2n) is 12.0. The number of nitrogens with two attached hydrogens (primary N) is 1. The van der Waals surface area contributed by atoms with Gasteiger partial charge in [0, 0.05) is 19.2 Å². The van der Waals surface area contributed by atoms with Crippen LogP contribution in [0.1, 0.15) is 97.3 Å². The van der Waals surface area contributed by atoms with Gasteiger partial charge in [0.25, 0.3) is 0 Å². The first-order chi connectivity index (χ1) is 15.3. The van der Waals surface area contributed by atoms with E-state index in [4.69, 9.17) is 16.0 Å². The molecule has 0 aliphatic heterocycles. The van der Waals surface area contributed by atoms with Gasteiger partial charge in [-0.25, -0.2) is 0 Å². The van der Waals surface area contributed by atoms with Crippen LogP contribution in [-0.2, 0) is 4.84 Å². The van der Waals surface area contributed by atoms with Crippen LogP contribution in [0.2, 0.25) is 0 Å². The lowest BCUT2D eigenvalue weighted by atomic mass is 9.44. The molecule has 0 aromatic carbocycles. The van der Waals surface area contributed by atoms with Gasteiger partial charge in [0.2, 0.25) is 0 Å². The lowest BCUT2D eigenvalue weighted by Gasteiger charge is -2.61. The Morgan fingerprint density at radius 2 is 2.00 bits per heavy atom. The molecule has 7 atom stereocenters. The van der Waals surface area contributed by atoms with Crippen LogP contribution in [0.15, 0.2) is 5.16 Å². The Labute approximate surface area is 194 Å². The van der Waals surface area contributed by atoms with Gasteiger partial charge >= 0.3 is 0 Å². The fourth-order valence-corrected chi connectivity index (χ4v) is 8.39. The summed E-state index contributed by atoms with van der Waals surface area (Å²) >= 11 is 0. The summed E-state index contributed by atoms with van der Waals surface area (Å²) in [5.41, 5.74) is 5.77. The van der Waals surface area contributed by atoms with Crippen molar-refractivity contribution in [2.75, 3.05) is 13.2 Å². The number of rotatable bonds is 8. The topological polar surface area (TPSA) is 104 Å². The molecule has 5 N–H and O–H groups in total. The van der Waals surface area contributed by atoms with Gasteiger partial charge in [0.1, 0.15) is 6.61 Å². The van der Waals surface area contributed by atoms with Crippen LogP contribution in [0.3, 0.4) is 0 Å². The average Bonchev–Trinajstić information content (AvgIpc) is 3.15. The van der Waals surface area contributed by atoms with Crippen LogP contribution < -0.4 is 11.1 Å². The standard InChI is InChI=1S/C26H46N4O2/c1-24-10-3-6-21(24)20-8-7-19-18-26(31,14-13-25(19,2)22(20)9-12-24)11-4-16-30-32-17-5-15-29-23(27)28/h16,19-22,31H,3-15,17-18H2,1-2H3,(H4,27,28,29)/t19-,20+,21+,22+,24+,25+,26+/m1/s1. The molecule has 0 spiro atoms. The number of hydrogen-bond donors (Lipinski definition) is 4. The van der Waals surface area contributed by atoms with E-state index in [9.17, 15) is 5.11 Å². The number of hydrogen-bond acceptors (Lipinski definition) is 4. The molecular formula is C26H46N4O2. The van der Waals surface area contributed by atoms with E-state index in [1.54, 1.807) is 0 Å². The summed E-state index contributed by atoms with van der Waals surface area (Å²) in [6, 6.07) is 0. The van der Waals surface area contributed by atoms with Crippen LogP contribution >= 0.6 is 0 Å². The van der Waals surface area contributed by atoms with Crippen molar-refractivity contribution in [3.05, 3.63) is 0 Å². The fraction of sp³-hybridized carbons (Fsp3) is 0.923. The third kappa shape index (κ3) is 4.80. The molecule has 6 nitrogen and oxygen atoms in total. The predicted octanol–water partition coefficient (Wildman–Crippen LogP) is 4.81. The Morgan fingerprint density at radius 1 is 1.16 bits per heavy atom. The normalized spacial score (nSPS) is 43.3. The van der Waals surface area contributed by atoms with Crippen molar-refractivity contribution >= 4 is 12.2 Å². The Bertz CT molecular complexity index is 699. The molecule has 6 heteroatoms. The smallest absolute Gasteiger partial charge is 0.185 e. The monoisotopic (exact) mass is 446 g/mol. The average molecular weight is 447 g/mol. The molecule has 4 aliphatic carbocycles. The van der Waals surface area contributed by atoms with Gasteiger partial charge in [-0.1, -0.05) is 25.4 Å². The molecule has 4 saturated carbocycles. The minimum atomic E-state index is -0.537. The zero-order valence-electron chi connectivity index (χ0n) is 20.4. The van der Waals surface area contributed by atoms with Crippen LogP contribution in [0.5, 0.6) is 0 Å². The van der Waals surface area contributed by atoms with E-state index >= 15 is 0 Å². The summed E-state index contributed by atoms with van der Waals surface area (Å²) in [7, 11) is 0. The molecule has 0 aromatic rings. The molecule has 0 bridgehead atoms. The first kappa shape index (κ1) is 23.8. The highest BCUT2D eigenvalue weighted by Crippen LogP contribution is 2.67. The van der Waals surface area contributed by atoms with Crippen LogP contribution in [0.4, 0.5) is 0 Å². The quantitative estimate of drug-likeness (QED) is 0.186. The zero-order valence-corrected chi connectivity index (χ0v) is 20.4. The maximum atomic E-state index is 11.4. The largest absolute Gasteiger partial charge is 0.396 e. The van der Waals surface area contributed by atoms with Crippen LogP contribution in [0.25, 0.3) is 0 Å². The maximum absolute atomic E-state index is 11.4. The lowest BCUT2D eigenvalue weighted by molar-refractivity contribution is -0.148. The van der Waals surface area contributed by atoms with Crippen LogP contribution in [-0.4, -0.2) is 36.0 Å². The van der Waals surface area contributed by atoms with Gasteiger partial charge in [-0.3, -0.25) is 5.41 Å². The molecule has 32 heavy (non-hydrogen) atoms. The molecule has 4 fully saturated rings. The minimum Gasteiger partial charge on any atom is -0.396 e.